The van der Waals surface area contributed by atoms with Crippen LogP contribution in [0.2, 0.25) is 0 Å². The topological polar surface area (TPSA) is 141 Å². The van der Waals surface area contributed by atoms with E-state index >= 15 is 0 Å². The van der Waals surface area contributed by atoms with Crippen molar-refractivity contribution >= 4 is 24.1 Å². The first-order valence-electron chi connectivity index (χ1n) is 12.9. The molecule has 0 saturated carbocycles. The van der Waals surface area contributed by atoms with Gasteiger partial charge < -0.3 is 24.2 Å². The van der Waals surface area contributed by atoms with Crippen molar-refractivity contribution < 1.29 is 33.7 Å². The number of piperidine rings is 1. The molecule has 210 valence electrons. The molecule has 1 atom stereocenters. The van der Waals surface area contributed by atoms with E-state index in [9.17, 15) is 19.5 Å². The number of nitrogens with one attached hydrogen (secondary N) is 2. The molecule has 0 spiro atoms. The maximum atomic E-state index is 13.0. The van der Waals surface area contributed by atoms with Crippen LogP contribution in [0.4, 0.5) is 14.4 Å². The molecule has 2 heterocycles. The first kappa shape index (κ1) is 29.1. The molecule has 3 N–H and O–H groups in total. The quantitative estimate of drug-likeness (QED) is 0.374. The number of fused-ring (bicyclic) bond motifs is 1. The zero-order valence-corrected chi connectivity index (χ0v) is 23.1. The number of amides is 3. The van der Waals surface area contributed by atoms with Gasteiger partial charge in [-0.1, -0.05) is 6.07 Å². The molecule has 1 saturated heterocycles. The lowest BCUT2D eigenvalue weighted by atomic mass is 9.91. The maximum absolute atomic E-state index is 13.0. The predicted octanol–water partition coefficient (Wildman–Crippen LogP) is 4.79. The zero-order valence-electron chi connectivity index (χ0n) is 23.1. The normalized spacial score (nSPS) is 18.3. The van der Waals surface area contributed by atoms with Crippen molar-refractivity contribution in [2.24, 2.45) is 5.92 Å². The van der Waals surface area contributed by atoms with Gasteiger partial charge in [-0.05, 0) is 90.0 Å². The second kappa shape index (κ2) is 11.5. The van der Waals surface area contributed by atoms with Crippen LogP contribution < -0.4 is 10.1 Å². The van der Waals surface area contributed by atoms with Crippen LogP contribution in [0, 0.1) is 11.3 Å². The van der Waals surface area contributed by atoms with Gasteiger partial charge in [-0.2, -0.15) is 0 Å². The van der Waals surface area contributed by atoms with Crippen molar-refractivity contribution in [1.82, 2.24) is 15.1 Å². The summed E-state index contributed by atoms with van der Waals surface area (Å²) in [7, 11) is 0. The third-order valence-electron chi connectivity index (χ3n) is 6.24. The Morgan fingerprint density at radius 2 is 1.61 bits per heavy atom. The second-order valence-electron chi connectivity index (χ2n) is 11.8. The third-order valence-corrected chi connectivity index (χ3v) is 6.24. The Kier molecular flexibility index (Phi) is 8.79. The van der Waals surface area contributed by atoms with Crippen LogP contribution in [-0.2, 0) is 15.9 Å². The summed E-state index contributed by atoms with van der Waals surface area (Å²) in [6.45, 7) is 12.7. The van der Waals surface area contributed by atoms with Gasteiger partial charge in [0.1, 0.15) is 28.8 Å². The summed E-state index contributed by atoms with van der Waals surface area (Å²) in [6, 6.07) is 4.56. The monoisotopic (exact) mass is 532 g/mol. The molecule has 1 aromatic rings. The van der Waals surface area contributed by atoms with Crippen molar-refractivity contribution in [1.29, 1.82) is 5.41 Å². The summed E-state index contributed by atoms with van der Waals surface area (Å²) < 4.78 is 17.1. The Hall–Kier alpha value is -3.50. The fraction of sp³-hybridized carbons (Fsp3) is 0.630. The lowest BCUT2D eigenvalue weighted by Crippen LogP contribution is -2.49. The molecule has 0 aromatic heterocycles. The van der Waals surface area contributed by atoms with Gasteiger partial charge in [-0.3, -0.25) is 15.6 Å². The number of benzene rings is 1. The largest absolute Gasteiger partial charge is 0.493 e. The summed E-state index contributed by atoms with van der Waals surface area (Å²) in [5.74, 6) is 0.485. The average molecular weight is 533 g/mol. The molecule has 0 aliphatic carbocycles. The lowest BCUT2D eigenvalue weighted by molar-refractivity contribution is 0.0163. The molecule has 1 unspecified atom stereocenters. The van der Waals surface area contributed by atoms with Gasteiger partial charge in [0.15, 0.2) is 0 Å². The minimum Gasteiger partial charge on any atom is -0.493 e. The van der Waals surface area contributed by atoms with Crippen LogP contribution >= 0.6 is 0 Å². The Labute approximate surface area is 223 Å². The summed E-state index contributed by atoms with van der Waals surface area (Å²) in [6.07, 6.45) is -0.192. The third kappa shape index (κ3) is 8.00. The lowest BCUT2D eigenvalue weighted by Gasteiger charge is -2.38. The summed E-state index contributed by atoms with van der Waals surface area (Å²) in [5.41, 5.74) is 0.258. The van der Waals surface area contributed by atoms with Gasteiger partial charge in [-0.15, -0.1) is 0 Å². The number of likely N-dealkylation sites (tertiary alicyclic amines) is 1. The summed E-state index contributed by atoms with van der Waals surface area (Å²) in [4.78, 5) is 39.7. The molecule has 0 bridgehead atoms. The average Bonchev–Trinajstić information content (AvgIpc) is 2.79. The minimum absolute atomic E-state index is 0.255. The Morgan fingerprint density at radius 3 is 2.18 bits per heavy atom. The smallest absolute Gasteiger partial charge is 0.411 e. The molecule has 2 aliphatic rings. The fourth-order valence-corrected chi connectivity index (χ4v) is 4.52. The van der Waals surface area contributed by atoms with Gasteiger partial charge in [-0.25, -0.2) is 14.4 Å². The fourth-order valence-electron chi connectivity index (χ4n) is 4.52. The number of carboxylic acid groups (broad SMARTS) is 1. The molecular weight excluding hydrogens is 492 g/mol. The number of rotatable bonds is 4. The first-order chi connectivity index (χ1) is 17.6. The molecule has 11 nitrogen and oxygen atoms in total. The number of ether oxygens (including phenoxy) is 3. The molecule has 1 aromatic carbocycles. The van der Waals surface area contributed by atoms with E-state index in [1.807, 2.05) is 32.9 Å². The van der Waals surface area contributed by atoms with Crippen molar-refractivity contribution in [3.63, 3.8) is 0 Å². The first-order valence-corrected chi connectivity index (χ1v) is 12.9. The highest BCUT2D eigenvalue weighted by molar-refractivity contribution is 5.98. The van der Waals surface area contributed by atoms with Gasteiger partial charge in [0.05, 0.1) is 6.61 Å². The van der Waals surface area contributed by atoms with Crippen LogP contribution in [0.25, 0.3) is 0 Å². The van der Waals surface area contributed by atoms with Gasteiger partial charge in [0.2, 0.25) is 0 Å². The predicted molar refractivity (Wildman–Crippen MR) is 141 cm³/mol. The Balaban J connectivity index is 1.70. The molecule has 2 aliphatic heterocycles. The van der Waals surface area contributed by atoms with Crippen LogP contribution in [0.1, 0.15) is 71.6 Å². The molecule has 3 amide bonds. The highest BCUT2D eigenvalue weighted by atomic mass is 16.6. The second-order valence-corrected chi connectivity index (χ2v) is 11.8. The van der Waals surface area contributed by atoms with E-state index in [1.165, 1.54) is 4.90 Å². The minimum atomic E-state index is -1.38. The van der Waals surface area contributed by atoms with E-state index in [4.69, 9.17) is 19.6 Å². The maximum Gasteiger partial charge on any atom is 0.411 e. The number of carbonyl (C=O) groups excluding carboxylic acids is 2. The highest BCUT2D eigenvalue weighted by Gasteiger charge is 2.37. The standard InChI is InChI=1S/C27H40N4O7/c1-26(2,3)37-24(34)30-12-9-17(10-13-30)16-36-19-8-7-18-11-14-31(25(35)38-27(4,5)6)21(20(18)15-19)22(28)29-23(32)33/h7-8,15,17,21H,9-14,16H2,1-6H3,(H2,28,29)(H,32,33). The molecule has 3 rings (SSSR count). The van der Waals surface area contributed by atoms with Crippen molar-refractivity contribution in [3.8, 4) is 5.75 Å². The number of amidine groups is 1. The van der Waals surface area contributed by atoms with Gasteiger partial charge in [0, 0.05) is 19.6 Å². The molecule has 0 radical (unpaired) electrons. The van der Waals surface area contributed by atoms with E-state index in [0.717, 1.165) is 18.4 Å². The van der Waals surface area contributed by atoms with Crippen LogP contribution in [0.3, 0.4) is 0 Å². The molecule has 11 heteroatoms. The van der Waals surface area contributed by atoms with Gasteiger partial charge >= 0.3 is 18.3 Å². The zero-order chi connectivity index (χ0) is 28.3. The molecule has 1 fully saturated rings. The van der Waals surface area contributed by atoms with Crippen LogP contribution in [-0.4, -0.2) is 76.5 Å². The number of carbonyl (C=O) groups is 3. The van der Waals surface area contributed by atoms with E-state index in [1.54, 1.807) is 31.7 Å². The van der Waals surface area contributed by atoms with Crippen LogP contribution in [0.5, 0.6) is 5.75 Å². The van der Waals surface area contributed by atoms with E-state index in [0.29, 0.717) is 37.4 Å². The van der Waals surface area contributed by atoms with E-state index < -0.39 is 29.4 Å². The summed E-state index contributed by atoms with van der Waals surface area (Å²) >= 11 is 0. The van der Waals surface area contributed by atoms with Gasteiger partial charge in [0.25, 0.3) is 0 Å². The number of hydrogen-bond donors (Lipinski definition) is 3. The molecular formula is C27H40N4O7. The Morgan fingerprint density at radius 1 is 1.00 bits per heavy atom. The number of nitrogens with zero attached hydrogens (tertiary/aromatic N) is 2. The van der Waals surface area contributed by atoms with Crippen molar-refractivity contribution in [3.05, 3.63) is 29.3 Å². The van der Waals surface area contributed by atoms with E-state index in [-0.39, 0.29) is 24.4 Å². The molecule has 38 heavy (non-hydrogen) atoms. The number of hydrogen-bond acceptors (Lipinski definition) is 7. The Bertz CT molecular complexity index is 1050. The van der Waals surface area contributed by atoms with Crippen molar-refractivity contribution in [2.45, 2.75) is 78.0 Å². The summed E-state index contributed by atoms with van der Waals surface area (Å²) in [5, 5.41) is 19.7. The van der Waals surface area contributed by atoms with Crippen molar-refractivity contribution in [2.75, 3.05) is 26.2 Å². The highest BCUT2D eigenvalue weighted by Crippen LogP contribution is 2.34. The van der Waals surface area contributed by atoms with E-state index in [2.05, 4.69) is 5.32 Å². The van der Waals surface area contributed by atoms with Crippen LogP contribution in [0.15, 0.2) is 18.2 Å². The SMILES string of the molecule is CC(C)(C)OC(=O)N1CCC(COc2ccc3c(c2)C(C(=N)NC(=O)O)N(C(=O)OC(C)(C)C)CC3)CC1.